The Kier molecular flexibility index (Phi) is 6.64. The second kappa shape index (κ2) is 6.91. The van der Waals surface area contributed by atoms with Crippen molar-refractivity contribution in [3.8, 4) is 0 Å². The summed E-state index contributed by atoms with van der Waals surface area (Å²) < 4.78 is 5.26. The number of thiocarbonyl (C=S) groups is 1. The predicted molar refractivity (Wildman–Crippen MR) is 73.9 cm³/mol. The molecule has 1 atom stereocenters. The van der Waals surface area contributed by atoms with Crippen molar-refractivity contribution in [1.82, 2.24) is 4.90 Å². The molecular formula is C12H24N2O2S. The molecule has 4 nitrogen and oxygen atoms in total. The molecule has 0 fully saturated rings. The van der Waals surface area contributed by atoms with Gasteiger partial charge in [-0.2, -0.15) is 0 Å². The van der Waals surface area contributed by atoms with Crippen LogP contribution in [0.1, 0.15) is 34.1 Å². The average Bonchev–Trinajstić information content (AvgIpc) is 2.24. The van der Waals surface area contributed by atoms with Crippen molar-refractivity contribution < 1.29 is 9.53 Å². The van der Waals surface area contributed by atoms with Crippen LogP contribution in [0.2, 0.25) is 0 Å². The van der Waals surface area contributed by atoms with Crippen LogP contribution >= 0.6 is 12.2 Å². The molecule has 5 heteroatoms. The van der Waals surface area contributed by atoms with Crippen LogP contribution in [-0.2, 0) is 9.53 Å². The highest BCUT2D eigenvalue weighted by Crippen LogP contribution is 2.15. The van der Waals surface area contributed by atoms with Crippen LogP contribution in [0.25, 0.3) is 0 Å². The maximum Gasteiger partial charge on any atom is 0.225 e. The molecule has 0 aliphatic rings. The fraction of sp³-hybridized carbons (Fsp3) is 0.833. The molecule has 0 saturated heterocycles. The van der Waals surface area contributed by atoms with E-state index in [4.69, 9.17) is 22.7 Å². The third-order valence-electron chi connectivity index (χ3n) is 2.84. The van der Waals surface area contributed by atoms with E-state index in [-0.39, 0.29) is 11.8 Å². The van der Waals surface area contributed by atoms with Crippen molar-refractivity contribution in [3.05, 3.63) is 0 Å². The maximum absolute atomic E-state index is 12.1. The van der Waals surface area contributed by atoms with Gasteiger partial charge in [-0.25, -0.2) is 0 Å². The number of hydrogen-bond acceptors (Lipinski definition) is 3. The Bertz CT molecular complexity index is 280. The van der Waals surface area contributed by atoms with Gasteiger partial charge in [0.1, 0.15) is 0 Å². The summed E-state index contributed by atoms with van der Waals surface area (Å²) >= 11 is 4.92. The average molecular weight is 260 g/mol. The summed E-state index contributed by atoms with van der Waals surface area (Å²) in [5, 5.41) is 0. The third-order valence-corrected chi connectivity index (χ3v) is 3.25. The van der Waals surface area contributed by atoms with Gasteiger partial charge in [0.05, 0.1) is 17.0 Å². The van der Waals surface area contributed by atoms with Gasteiger partial charge >= 0.3 is 0 Å². The Morgan fingerprint density at radius 1 is 1.53 bits per heavy atom. The summed E-state index contributed by atoms with van der Waals surface area (Å²) in [6.45, 7) is 8.91. The van der Waals surface area contributed by atoms with Gasteiger partial charge in [-0.1, -0.05) is 19.1 Å². The number of rotatable bonds is 7. The van der Waals surface area contributed by atoms with Gasteiger partial charge in [-0.15, -0.1) is 0 Å². The standard InChI is InChI=1S/C12H24N2O2S/c1-6-14(8-9(2)11(13)17)10(15)7-12(3,4)16-5/h9H,6-8H2,1-5H3,(H2,13,17). The van der Waals surface area contributed by atoms with Crippen LogP contribution in [0.4, 0.5) is 0 Å². The van der Waals surface area contributed by atoms with Crippen molar-refractivity contribution in [3.63, 3.8) is 0 Å². The molecule has 0 bridgehead atoms. The molecule has 1 unspecified atom stereocenters. The molecule has 0 aromatic carbocycles. The summed E-state index contributed by atoms with van der Waals surface area (Å²) in [7, 11) is 1.61. The van der Waals surface area contributed by atoms with E-state index >= 15 is 0 Å². The second-order valence-electron chi connectivity index (χ2n) is 4.88. The molecule has 0 radical (unpaired) electrons. The van der Waals surface area contributed by atoms with Crippen LogP contribution in [0.15, 0.2) is 0 Å². The van der Waals surface area contributed by atoms with Crippen LogP contribution in [0, 0.1) is 5.92 Å². The largest absolute Gasteiger partial charge is 0.393 e. The normalized spacial score (nSPS) is 13.2. The highest BCUT2D eigenvalue weighted by Gasteiger charge is 2.25. The Morgan fingerprint density at radius 2 is 2.06 bits per heavy atom. The first-order valence-corrected chi connectivity index (χ1v) is 6.26. The molecule has 0 aromatic rings. The van der Waals surface area contributed by atoms with Crippen LogP contribution in [0.3, 0.4) is 0 Å². The van der Waals surface area contributed by atoms with Crippen molar-refractivity contribution in [2.45, 2.75) is 39.7 Å². The summed E-state index contributed by atoms with van der Waals surface area (Å²) in [4.78, 5) is 14.3. The molecule has 0 saturated carbocycles. The summed E-state index contributed by atoms with van der Waals surface area (Å²) in [5.41, 5.74) is 5.13. The molecule has 0 aliphatic heterocycles. The van der Waals surface area contributed by atoms with E-state index in [9.17, 15) is 4.79 Å². The fourth-order valence-electron chi connectivity index (χ4n) is 1.38. The molecule has 100 valence electrons. The lowest BCUT2D eigenvalue weighted by molar-refractivity contribution is -0.136. The summed E-state index contributed by atoms with van der Waals surface area (Å²) in [6.07, 6.45) is 0.362. The highest BCUT2D eigenvalue weighted by atomic mass is 32.1. The lowest BCUT2D eigenvalue weighted by Crippen LogP contribution is -2.41. The number of amides is 1. The van der Waals surface area contributed by atoms with E-state index in [0.717, 1.165) is 0 Å². The van der Waals surface area contributed by atoms with Gasteiger partial charge in [0, 0.05) is 26.1 Å². The van der Waals surface area contributed by atoms with Gasteiger partial charge in [-0.3, -0.25) is 4.79 Å². The van der Waals surface area contributed by atoms with E-state index < -0.39 is 5.60 Å². The smallest absolute Gasteiger partial charge is 0.225 e. The lowest BCUT2D eigenvalue weighted by atomic mass is 10.0. The van der Waals surface area contributed by atoms with Gasteiger partial charge < -0.3 is 15.4 Å². The quantitative estimate of drug-likeness (QED) is 0.706. The minimum Gasteiger partial charge on any atom is -0.393 e. The van der Waals surface area contributed by atoms with Crippen LogP contribution in [0.5, 0.6) is 0 Å². The predicted octanol–water partition coefficient (Wildman–Crippen LogP) is 1.57. The van der Waals surface area contributed by atoms with E-state index in [1.165, 1.54) is 0 Å². The van der Waals surface area contributed by atoms with E-state index in [1.54, 1.807) is 12.0 Å². The van der Waals surface area contributed by atoms with Crippen molar-refractivity contribution in [2.75, 3.05) is 20.2 Å². The van der Waals surface area contributed by atoms with Gasteiger partial charge in [-0.05, 0) is 20.8 Å². The zero-order chi connectivity index (χ0) is 13.6. The number of methoxy groups -OCH3 is 1. The minimum absolute atomic E-state index is 0.0413. The van der Waals surface area contributed by atoms with Crippen LogP contribution < -0.4 is 5.73 Å². The summed E-state index contributed by atoms with van der Waals surface area (Å²) in [6, 6.07) is 0. The maximum atomic E-state index is 12.1. The number of carbonyl (C=O) groups is 1. The molecule has 0 aromatic heterocycles. The number of ether oxygens (including phenoxy) is 1. The highest BCUT2D eigenvalue weighted by molar-refractivity contribution is 7.80. The Balaban J connectivity index is 4.46. The zero-order valence-corrected chi connectivity index (χ0v) is 12.3. The fourth-order valence-corrected chi connectivity index (χ4v) is 1.45. The van der Waals surface area contributed by atoms with Crippen LogP contribution in [-0.4, -0.2) is 41.6 Å². The third kappa shape index (κ3) is 5.98. The number of carbonyl (C=O) groups excluding carboxylic acids is 1. The molecule has 1 amide bonds. The molecular weight excluding hydrogens is 236 g/mol. The summed E-state index contributed by atoms with van der Waals surface area (Å²) in [5.74, 6) is 0.113. The van der Waals surface area contributed by atoms with Gasteiger partial charge in [0.15, 0.2) is 0 Å². The molecule has 0 aliphatic carbocycles. The van der Waals surface area contributed by atoms with E-state index in [2.05, 4.69) is 0 Å². The first-order chi connectivity index (χ1) is 7.73. The topological polar surface area (TPSA) is 55.6 Å². The SMILES string of the molecule is CCN(CC(C)C(N)=S)C(=O)CC(C)(C)OC. The van der Waals surface area contributed by atoms with Gasteiger partial charge in [0.2, 0.25) is 5.91 Å². The monoisotopic (exact) mass is 260 g/mol. The Hall–Kier alpha value is -0.680. The number of hydrogen-bond donors (Lipinski definition) is 1. The lowest BCUT2D eigenvalue weighted by Gasteiger charge is -2.29. The first-order valence-electron chi connectivity index (χ1n) is 5.85. The number of nitrogens with two attached hydrogens (primary N) is 1. The molecule has 0 spiro atoms. The zero-order valence-electron chi connectivity index (χ0n) is 11.4. The molecule has 17 heavy (non-hydrogen) atoms. The van der Waals surface area contributed by atoms with E-state index in [0.29, 0.717) is 24.5 Å². The first kappa shape index (κ1) is 16.3. The molecule has 0 rings (SSSR count). The second-order valence-corrected chi connectivity index (χ2v) is 5.35. The Labute approximate surface area is 109 Å². The molecule has 0 heterocycles. The minimum atomic E-state index is -0.434. The van der Waals surface area contributed by atoms with Crippen molar-refractivity contribution in [1.29, 1.82) is 0 Å². The van der Waals surface area contributed by atoms with Gasteiger partial charge in [0.25, 0.3) is 0 Å². The molecule has 2 N–H and O–H groups in total. The van der Waals surface area contributed by atoms with Crippen molar-refractivity contribution >= 4 is 23.1 Å². The van der Waals surface area contributed by atoms with E-state index in [1.807, 2.05) is 27.7 Å². The van der Waals surface area contributed by atoms with Crippen molar-refractivity contribution in [2.24, 2.45) is 11.7 Å². The Morgan fingerprint density at radius 3 is 2.41 bits per heavy atom. The number of nitrogens with zero attached hydrogens (tertiary/aromatic N) is 1.